The first kappa shape index (κ1) is 13.6. The van der Waals surface area contributed by atoms with Crippen LogP contribution in [0.4, 0.5) is 0 Å². The zero-order chi connectivity index (χ0) is 13.6. The van der Waals surface area contributed by atoms with Gasteiger partial charge >= 0.3 is 0 Å². The van der Waals surface area contributed by atoms with E-state index in [0.29, 0.717) is 6.42 Å². The molecule has 0 radical (unpaired) electrons. The molecular weight excluding hydrogens is 228 g/mol. The molecule has 2 heterocycles. The number of imidazole rings is 1. The van der Waals surface area contributed by atoms with Crippen molar-refractivity contribution in [1.29, 1.82) is 0 Å². The Morgan fingerprint density at radius 2 is 2.06 bits per heavy atom. The molecule has 0 aliphatic carbocycles. The number of rotatable bonds is 3. The molecule has 4 heteroatoms. The highest BCUT2D eigenvalue weighted by Crippen LogP contribution is 2.50. The Morgan fingerprint density at radius 1 is 1.39 bits per heavy atom. The zero-order valence-corrected chi connectivity index (χ0v) is 12.0. The summed E-state index contributed by atoms with van der Waals surface area (Å²) >= 11 is 0. The van der Waals surface area contributed by atoms with E-state index in [2.05, 4.69) is 11.9 Å². The Bertz CT molecular complexity index is 437. The van der Waals surface area contributed by atoms with Gasteiger partial charge in [-0.15, -0.1) is 0 Å². The fourth-order valence-electron chi connectivity index (χ4n) is 3.08. The van der Waals surface area contributed by atoms with Gasteiger partial charge < -0.3 is 14.4 Å². The summed E-state index contributed by atoms with van der Waals surface area (Å²) in [5, 5.41) is 11.1. The Balaban J connectivity index is 2.44. The van der Waals surface area contributed by atoms with Crippen LogP contribution in [0, 0.1) is 0 Å². The second-order valence-corrected chi connectivity index (χ2v) is 6.35. The Kier molecular flexibility index (Phi) is 3.06. The first-order valence-corrected chi connectivity index (χ1v) is 6.66. The van der Waals surface area contributed by atoms with E-state index in [1.807, 2.05) is 38.5 Å². The number of aromatic nitrogens is 2. The van der Waals surface area contributed by atoms with Crippen molar-refractivity contribution in [3.05, 3.63) is 18.2 Å². The predicted molar refractivity (Wildman–Crippen MR) is 70.3 cm³/mol. The molecule has 1 N–H and O–H groups in total. The number of hydrogen-bond donors (Lipinski definition) is 1. The quantitative estimate of drug-likeness (QED) is 0.899. The van der Waals surface area contributed by atoms with E-state index in [4.69, 9.17) is 4.74 Å². The second-order valence-electron chi connectivity index (χ2n) is 6.35. The van der Waals surface area contributed by atoms with Gasteiger partial charge in [-0.2, -0.15) is 0 Å². The maximum Gasteiger partial charge on any atom is 0.153 e. The van der Waals surface area contributed by atoms with E-state index in [9.17, 15) is 5.11 Å². The Labute approximate surface area is 109 Å². The first-order valence-electron chi connectivity index (χ1n) is 6.66. The fourth-order valence-corrected chi connectivity index (χ4v) is 3.08. The van der Waals surface area contributed by atoms with Gasteiger partial charge in [0.25, 0.3) is 0 Å². The minimum absolute atomic E-state index is 0.332. The maximum absolute atomic E-state index is 11.1. The number of aliphatic hydroxyl groups is 1. The van der Waals surface area contributed by atoms with Crippen LogP contribution in [-0.2, 0) is 16.9 Å². The topological polar surface area (TPSA) is 47.3 Å². The molecule has 1 saturated heterocycles. The summed E-state index contributed by atoms with van der Waals surface area (Å²) in [6, 6.07) is 0. The van der Waals surface area contributed by atoms with Crippen LogP contribution in [0.3, 0.4) is 0 Å². The van der Waals surface area contributed by atoms with Crippen molar-refractivity contribution in [2.24, 2.45) is 0 Å². The van der Waals surface area contributed by atoms with Crippen LogP contribution in [0.2, 0.25) is 0 Å². The third-order valence-corrected chi connectivity index (χ3v) is 3.76. The number of nitrogens with zero attached hydrogens (tertiary/aromatic N) is 2. The van der Waals surface area contributed by atoms with Gasteiger partial charge in [0.1, 0.15) is 5.82 Å². The van der Waals surface area contributed by atoms with Crippen molar-refractivity contribution in [2.75, 3.05) is 0 Å². The molecule has 1 atom stereocenters. The lowest BCUT2D eigenvalue weighted by molar-refractivity contribution is -0.133. The lowest BCUT2D eigenvalue weighted by Crippen LogP contribution is -2.45. The van der Waals surface area contributed by atoms with E-state index in [1.165, 1.54) is 0 Å². The normalized spacial score (nSPS) is 29.7. The van der Waals surface area contributed by atoms with E-state index in [0.717, 1.165) is 18.8 Å². The summed E-state index contributed by atoms with van der Waals surface area (Å²) in [6.07, 6.45) is 5.26. The van der Waals surface area contributed by atoms with Crippen LogP contribution < -0.4 is 0 Å². The summed E-state index contributed by atoms with van der Waals surface area (Å²) in [5.74, 6) is 0.722. The van der Waals surface area contributed by atoms with Crippen molar-refractivity contribution in [2.45, 2.75) is 70.8 Å². The molecule has 1 aromatic rings. The minimum atomic E-state index is -1.03. The molecule has 102 valence electrons. The average molecular weight is 252 g/mol. The molecule has 18 heavy (non-hydrogen) atoms. The maximum atomic E-state index is 11.1. The average Bonchev–Trinajstić information content (AvgIpc) is 2.69. The summed E-state index contributed by atoms with van der Waals surface area (Å²) in [4.78, 5) is 4.38. The molecule has 4 nitrogen and oxygen atoms in total. The van der Waals surface area contributed by atoms with Crippen LogP contribution in [0.15, 0.2) is 12.4 Å². The van der Waals surface area contributed by atoms with E-state index in [1.54, 1.807) is 6.20 Å². The zero-order valence-electron chi connectivity index (χ0n) is 12.0. The molecule has 0 aromatic carbocycles. The molecule has 0 amide bonds. The number of hydrogen-bond acceptors (Lipinski definition) is 3. The standard InChI is InChI=1S/C14H24N2O2/c1-6-8-16-9-7-15-11(16)14(17)10-12(2,3)18-13(14,4)5/h7,9,17H,6,8,10H2,1-5H3. The van der Waals surface area contributed by atoms with Gasteiger partial charge in [0.2, 0.25) is 0 Å². The first-order chi connectivity index (χ1) is 8.22. The molecule has 1 aliphatic rings. The molecule has 2 rings (SSSR count). The molecule has 1 aliphatic heterocycles. The summed E-state index contributed by atoms with van der Waals surface area (Å²) in [6.45, 7) is 10.9. The summed E-state index contributed by atoms with van der Waals surface area (Å²) in [5.41, 5.74) is -2.00. The minimum Gasteiger partial charge on any atom is -0.379 e. The highest BCUT2D eigenvalue weighted by molar-refractivity contribution is 5.17. The molecule has 1 aromatic heterocycles. The van der Waals surface area contributed by atoms with Crippen LogP contribution in [0.5, 0.6) is 0 Å². The second kappa shape index (κ2) is 4.07. The number of aryl methyl sites for hydroxylation is 1. The fraction of sp³-hybridized carbons (Fsp3) is 0.786. The van der Waals surface area contributed by atoms with Crippen molar-refractivity contribution in [1.82, 2.24) is 9.55 Å². The highest BCUT2D eigenvalue weighted by atomic mass is 16.5. The van der Waals surface area contributed by atoms with Crippen LogP contribution >= 0.6 is 0 Å². The van der Waals surface area contributed by atoms with E-state index < -0.39 is 11.2 Å². The smallest absolute Gasteiger partial charge is 0.153 e. The lowest BCUT2D eigenvalue weighted by Gasteiger charge is -2.34. The van der Waals surface area contributed by atoms with Crippen molar-refractivity contribution in [3.63, 3.8) is 0 Å². The van der Waals surface area contributed by atoms with E-state index in [-0.39, 0.29) is 5.60 Å². The molecule has 0 spiro atoms. The van der Waals surface area contributed by atoms with Crippen LogP contribution in [0.1, 0.15) is 53.3 Å². The number of ether oxygens (including phenoxy) is 1. The third-order valence-electron chi connectivity index (χ3n) is 3.76. The van der Waals surface area contributed by atoms with E-state index >= 15 is 0 Å². The van der Waals surface area contributed by atoms with Crippen molar-refractivity contribution in [3.8, 4) is 0 Å². The van der Waals surface area contributed by atoms with Gasteiger partial charge in [-0.05, 0) is 34.1 Å². The molecule has 1 unspecified atom stereocenters. The SMILES string of the molecule is CCCn1ccnc1C1(O)CC(C)(C)OC1(C)C. The Hall–Kier alpha value is -0.870. The Morgan fingerprint density at radius 3 is 2.56 bits per heavy atom. The molecule has 0 bridgehead atoms. The molecule has 1 fully saturated rings. The van der Waals surface area contributed by atoms with Crippen molar-refractivity contribution < 1.29 is 9.84 Å². The van der Waals surface area contributed by atoms with Crippen LogP contribution in [-0.4, -0.2) is 25.9 Å². The molecular formula is C14H24N2O2. The largest absolute Gasteiger partial charge is 0.379 e. The highest BCUT2D eigenvalue weighted by Gasteiger charge is 2.59. The van der Waals surface area contributed by atoms with Gasteiger partial charge in [0.05, 0.1) is 11.2 Å². The lowest BCUT2D eigenvalue weighted by atomic mass is 9.81. The van der Waals surface area contributed by atoms with Crippen LogP contribution in [0.25, 0.3) is 0 Å². The summed E-state index contributed by atoms with van der Waals surface area (Å²) in [7, 11) is 0. The van der Waals surface area contributed by atoms with Gasteiger partial charge in [-0.1, -0.05) is 6.92 Å². The van der Waals surface area contributed by atoms with Gasteiger partial charge in [-0.3, -0.25) is 0 Å². The summed E-state index contributed by atoms with van der Waals surface area (Å²) < 4.78 is 8.04. The third kappa shape index (κ3) is 1.97. The monoisotopic (exact) mass is 252 g/mol. The van der Waals surface area contributed by atoms with Crippen molar-refractivity contribution >= 4 is 0 Å². The van der Waals surface area contributed by atoms with Gasteiger partial charge in [0, 0.05) is 25.4 Å². The van der Waals surface area contributed by atoms with Gasteiger partial charge in [0.15, 0.2) is 5.60 Å². The molecule has 0 saturated carbocycles. The van der Waals surface area contributed by atoms with Gasteiger partial charge in [-0.25, -0.2) is 4.98 Å². The predicted octanol–water partition coefficient (Wildman–Crippen LogP) is 2.46.